The zero-order valence-corrected chi connectivity index (χ0v) is 11.8. The lowest BCUT2D eigenvalue weighted by Gasteiger charge is -2.09. The van der Waals surface area contributed by atoms with Gasteiger partial charge in [-0.25, -0.2) is 4.98 Å². The van der Waals surface area contributed by atoms with Crippen molar-refractivity contribution >= 4 is 39.1 Å². The molecule has 0 fully saturated rings. The zero-order valence-electron chi connectivity index (χ0n) is 10.9. The molecule has 0 radical (unpaired) electrons. The minimum absolute atomic E-state index is 0.382. The zero-order chi connectivity index (χ0) is 14.8. The van der Waals surface area contributed by atoms with E-state index >= 15 is 0 Å². The molecular formula is C14H12N6S. The van der Waals surface area contributed by atoms with Crippen LogP contribution in [0.25, 0.3) is 21.5 Å². The minimum Gasteiger partial charge on any atom is -0.375 e. The van der Waals surface area contributed by atoms with Crippen LogP contribution in [0.1, 0.15) is 11.5 Å². The summed E-state index contributed by atoms with van der Waals surface area (Å²) in [5.41, 5.74) is 8.98. The van der Waals surface area contributed by atoms with E-state index in [1.165, 1.54) is 23.8 Å². The van der Waals surface area contributed by atoms with Crippen LogP contribution in [-0.4, -0.2) is 27.4 Å². The SMILES string of the molecule is N=CC(C=N)c1cc(-c2cnccn2)c2sc(N)nc2c1. The molecule has 6 nitrogen and oxygen atoms in total. The summed E-state index contributed by atoms with van der Waals surface area (Å²) in [6.07, 6.45) is 7.37. The molecule has 0 atom stereocenters. The molecule has 0 aliphatic carbocycles. The maximum absolute atomic E-state index is 7.44. The Balaban J connectivity index is 2.30. The Bertz CT molecular complexity index is 803. The van der Waals surface area contributed by atoms with Crippen LogP contribution in [0, 0.1) is 10.8 Å². The van der Waals surface area contributed by atoms with Gasteiger partial charge in [0.15, 0.2) is 5.13 Å². The predicted octanol–water partition coefficient (Wildman–Crippen LogP) is 2.72. The van der Waals surface area contributed by atoms with Gasteiger partial charge in [0.25, 0.3) is 0 Å². The van der Waals surface area contributed by atoms with Crippen molar-refractivity contribution in [2.45, 2.75) is 5.92 Å². The number of hydrogen-bond acceptors (Lipinski definition) is 7. The molecule has 0 bridgehead atoms. The van der Waals surface area contributed by atoms with Gasteiger partial charge in [0.05, 0.1) is 28.0 Å². The molecule has 0 saturated carbocycles. The largest absolute Gasteiger partial charge is 0.375 e. The number of hydrogen-bond donors (Lipinski definition) is 3. The molecular weight excluding hydrogens is 284 g/mol. The monoisotopic (exact) mass is 296 g/mol. The number of rotatable bonds is 4. The molecule has 21 heavy (non-hydrogen) atoms. The molecule has 104 valence electrons. The van der Waals surface area contributed by atoms with Gasteiger partial charge in [-0.2, -0.15) is 0 Å². The van der Waals surface area contributed by atoms with Crippen molar-refractivity contribution < 1.29 is 0 Å². The number of aromatic nitrogens is 3. The van der Waals surface area contributed by atoms with Crippen LogP contribution in [0.15, 0.2) is 30.7 Å². The Labute approximate surface area is 124 Å². The van der Waals surface area contributed by atoms with Crippen molar-refractivity contribution in [1.29, 1.82) is 10.8 Å². The highest BCUT2D eigenvalue weighted by Crippen LogP contribution is 2.35. The van der Waals surface area contributed by atoms with E-state index in [0.717, 1.165) is 27.0 Å². The topological polar surface area (TPSA) is 112 Å². The maximum atomic E-state index is 7.44. The van der Waals surface area contributed by atoms with Crippen molar-refractivity contribution in [3.05, 3.63) is 36.3 Å². The number of thiazole rings is 1. The molecule has 2 aromatic heterocycles. The van der Waals surface area contributed by atoms with Crippen LogP contribution in [0.4, 0.5) is 5.13 Å². The van der Waals surface area contributed by atoms with E-state index in [9.17, 15) is 0 Å². The van der Waals surface area contributed by atoms with E-state index in [4.69, 9.17) is 16.6 Å². The van der Waals surface area contributed by atoms with Gasteiger partial charge in [-0.15, -0.1) is 0 Å². The van der Waals surface area contributed by atoms with Gasteiger partial charge < -0.3 is 16.6 Å². The van der Waals surface area contributed by atoms with Crippen LogP contribution in [0.3, 0.4) is 0 Å². The first-order valence-electron chi connectivity index (χ1n) is 6.20. The fraction of sp³-hybridized carbons (Fsp3) is 0.0714. The third-order valence-electron chi connectivity index (χ3n) is 3.11. The van der Waals surface area contributed by atoms with E-state index in [0.29, 0.717) is 5.13 Å². The lowest BCUT2D eigenvalue weighted by atomic mass is 9.98. The summed E-state index contributed by atoms with van der Waals surface area (Å²) in [5, 5.41) is 15.4. The summed E-state index contributed by atoms with van der Waals surface area (Å²) >= 11 is 1.39. The summed E-state index contributed by atoms with van der Waals surface area (Å²) in [6.45, 7) is 0. The number of nitrogens with zero attached hydrogens (tertiary/aromatic N) is 3. The molecule has 1 aromatic carbocycles. The van der Waals surface area contributed by atoms with Gasteiger partial charge in [0.2, 0.25) is 0 Å². The number of benzene rings is 1. The first-order chi connectivity index (χ1) is 10.2. The van der Waals surface area contributed by atoms with Crippen LogP contribution in [-0.2, 0) is 0 Å². The number of nitrogens with one attached hydrogen (secondary N) is 2. The van der Waals surface area contributed by atoms with Gasteiger partial charge in [-0.1, -0.05) is 11.3 Å². The van der Waals surface area contributed by atoms with Crippen LogP contribution in [0.5, 0.6) is 0 Å². The number of anilines is 1. The average molecular weight is 296 g/mol. The van der Waals surface area contributed by atoms with Gasteiger partial charge in [0, 0.05) is 30.4 Å². The van der Waals surface area contributed by atoms with Gasteiger partial charge >= 0.3 is 0 Å². The Morgan fingerprint density at radius 1 is 1.19 bits per heavy atom. The van der Waals surface area contributed by atoms with Crippen LogP contribution >= 0.6 is 11.3 Å². The normalized spacial score (nSPS) is 12.2. The lowest BCUT2D eigenvalue weighted by molar-refractivity contribution is 1.19. The highest BCUT2D eigenvalue weighted by molar-refractivity contribution is 7.22. The maximum Gasteiger partial charge on any atom is 0.181 e. The molecule has 0 unspecified atom stereocenters. The summed E-state index contributed by atoms with van der Waals surface area (Å²) in [7, 11) is 0. The van der Waals surface area contributed by atoms with E-state index in [1.54, 1.807) is 18.6 Å². The Morgan fingerprint density at radius 2 is 2.00 bits per heavy atom. The van der Waals surface area contributed by atoms with Crippen LogP contribution < -0.4 is 5.73 Å². The molecule has 3 aromatic rings. The first kappa shape index (κ1) is 13.3. The second-order valence-electron chi connectivity index (χ2n) is 4.42. The number of fused-ring (bicyclic) bond motifs is 1. The fourth-order valence-corrected chi connectivity index (χ4v) is 2.97. The highest BCUT2D eigenvalue weighted by atomic mass is 32.1. The first-order valence-corrected chi connectivity index (χ1v) is 7.02. The predicted molar refractivity (Wildman–Crippen MR) is 85.4 cm³/mol. The molecule has 0 saturated heterocycles. The Kier molecular flexibility index (Phi) is 3.41. The smallest absolute Gasteiger partial charge is 0.181 e. The fourth-order valence-electron chi connectivity index (χ4n) is 2.13. The highest BCUT2D eigenvalue weighted by Gasteiger charge is 2.15. The number of nitrogens with two attached hydrogens (primary N) is 1. The van der Waals surface area contributed by atoms with Crippen molar-refractivity contribution in [1.82, 2.24) is 15.0 Å². The summed E-state index contributed by atoms with van der Waals surface area (Å²) < 4.78 is 0.936. The van der Waals surface area contributed by atoms with Crippen molar-refractivity contribution in [2.24, 2.45) is 0 Å². The van der Waals surface area contributed by atoms with E-state index in [1.807, 2.05) is 12.1 Å². The molecule has 2 heterocycles. The standard InChI is InChI=1S/C14H12N6S/c15-5-9(6-16)8-3-10(12-7-18-1-2-19-12)13-11(4-8)20-14(17)21-13/h1-7,9,15-16H,(H2,17,20). The average Bonchev–Trinajstić information content (AvgIpc) is 2.89. The van der Waals surface area contributed by atoms with Crippen molar-refractivity contribution in [3.8, 4) is 11.3 Å². The quantitative estimate of drug-likeness (QED) is 0.642. The van der Waals surface area contributed by atoms with E-state index < -0.39 is 0 Å². The van der Waals surface area contributed by atoms with Gasteiger partial charge in [-0.3, -0.25) is 9.97 Å². The summed E-state index contributed by atoms with van der Waals surface area (Å²) in [4.78, 5) is 12.7. The third kappa shape index (κ3) is 2.38. The third-order valence-corrected chi connectivity index (χ3v) is 4.05. The molecule has 7 heteroatoms. The molecule has 0 amide bonds. The second kappa shape index (κ2) is 5.37. The Hall–Kier alpha value is -2.67. The molecule has 0 aliphatic rings. The molecule has 4 N–H and O–H groups in total. The molecule has 3 rings (SSSR count). The van der Waals surface area contributed by atoms with Gasteiger partial charge in [-0.05, 0) is 17.7 Å². The van der Waals surface area contributed by atoms with Crippen molar-refractivity contribution in [2.75, 3.05) is 5.73 Å². The second-order valence-corrected chi connectivity index (χ2v) is 5.45. The number of nitrogen functional groups attached to an aromatic ring is 1. The van der Waals surface area contributed by atoms with Crippen LogP contribution in [0.2, 0.25) is 0 Å². The molecule has 0 aliphatic heterocycles. The summed E-state index contributed by atoms with van der Waals surface area (Å²) in [6, 6.07) is 3.79. The summed E-state index contributed by atoms with van der Waals surface area (Å²) in [5.74, 6) is -0.382. The van der Waals surface area contributed by atoms with E-state index in [2.05, 4.69) is 15.0 Å². The minimum atomic E-state index is -0.382. The van der Waals surface area contributed by atoms with Gasteiger partial charge in [0.1, 0.15) is 0 Å². The molecule has 0 spiro atoms. The van der Waals surface area contributed by atoms with E-state index in [-0.39, 0.29) is 5.92 Å². The Morgan fingerprint density at radius 3 is 2.67 bits per heavy atom. The van der Waals surface area contributed by atoms with Crippen molar-refractivity contribution in [3.63, 3.8) is 0 Å². The lowest BCUT2D eigenvalue weighted by Crippen LogP contribution is -2.01.